The van der Waals surface area contributed by atoms with Crippen LogP contribution in [-0.4, -0.2) is 11.6 Å². The molecular weight excluding hydrogens is 366 g/mol. The van der Waals surface area contributed by atoms with Gasteiger partial charge in [-0.2, -0.15) is 0 Å². The van der Waals surface area contributed by atoms with Gasteiger partial charge in [-0.25, -0.2) is 0 Å². The second-order valence-corrected chi connectivity index (χ2v) is 8.81. The molecule has 1 heterocycles. The lowest BCUT2D eigenvalue weighted by atomic mass is 10.0. The average Bonchev–Trinajstić information content (AvgIpc) is 2.79. The molecule has 1 aromatic carbocycles. The highest BCUT2D eigenvalue weighted by atomic mass is 16.5. The summed E-state index contributed by atoms with van der Waals surface area (Å²) in [7, 11) is 0. The Bertz CT molecular complexity index is 662. The summed E-state index contributed by atoms with van der Waals surface area (Å²) in [5.41, 5.74) is 3.54. The number of nitrogens with zero attached hydrogens (tertiary/aromatic N) is 1. The van der Waals surface area contributed by atoms with Gasteiger partial charge in [0.2, 0.25) is 0 Å². The van der Waals surface area contributed by atoms with Crippen molar-refractivity contribution in [3.63, 3.8) is 0 Å². The molecule has 166 valence electrons. The van der Waals surface area contributed by atoms with Gasteiger partial charge in [0.25, 0.3) is 0 Å². The normalized spacial score (nSPS) is 12.1. The van der Waals surface area contributed by atoms with Crippen molar-refractivity contribution in [2.24, 2.45) is 5.92 Å². The maximum atomic E-state index is 5.91. The molecule has 2 rings (SSSR count). The van der Waals surface area contributed by atoms with Crippen molar-refractivity contribution in [1.82, 2.24) is 4.98 Å². The molecule has 0 unspecified atom stereocenters. The minimum Gasteiger partial charge on any atom is -0.494 e. The fraction of sp³-hybridized carbons (Fsp3) is 0.607. The molecule has 0 saturated heterocycles. The van der Waals surface area contributed by atoms with Crippen LogP contribution in [0.15, 0.2) is 42.6 Å². The summed E-state index contributed by atoms with van der Waals surface area (Å²) < 4.78 is 5.91. The Hall–Kier alpha value is -1.83. The van der Waals surface area contributed by atoms with Gasteiger partial charge < -0.3 is 4.74 Å². The van der Waals surface area contributed by atoms with Crippen LogP contribution >= 0.6 is 0 Å². The van der Waals surface area contributed by atoms with E-state index in [9.17, 15) is 0 Å². The van der Waals surface area contributed by atoms with E-state index in [1.165, 1.54) is 69.8 Å². The Morgan fingerprint density at radius 2 is 1.53 bits per heavy atom. The highest BCUT2D eigenvalue weighted by Crippen LogP contribution is 2.22. The van der Waals surface area contributed by atoms with E-state index in [-0.39, 0.29) is 0 Å². The summed E-state index contributed by atoms with van der Waals surface area (Å²) in [4.78, 5) is 4.68. The molecule has 2 aromatic rings. The van der Waals surface area contributed by atoms with Gasteiger partial charge >= 0.3 is 0 Å². The van der Waals surface area contributed by atoms with Crippen LogP contribution in [0.4, 0.5) is 0 Å². The van der Waals surface area contributed by atoms with Crippen LogP contribution in [-0.2, 0) is 6.42 Å². The van der Waals surface area contributed by atoms with Crippen LogP contribution in [0.3, 0.4) is 0 Å². The van der Waals surface area contributed by atoms with E-state index in [0.717, 1.165) is 42.4 Å². The van der Waals surface area contributed by atoms with E-state index in [2.05, 4.69) is 62.2 Å². The molecule has 2 nitrogen and oxygen atoms in total. The fourth-order valence-electron chi connectivity index (χ4n) is 3.74. The van der Waals surface area contributed by atoms with E-state index >= 15 is 0 Å². The maximum Gasteiger partial charge on any atom is 0.119 e. The van der Waals surface area contributed by atoms with Gasteiger partial charge in [0, 0.05) is 11.8 Å². The molecule has 2 heteroatoms. The molecule has 1 aromatic heterocycles. The summed E-state index contributed by atoms with van der Waals surface area (Å²) in [6.07, 6.45) is 17.6. The zero-order chi connectivity index (χ0) is 21.4. The van der Waals surface area contributed by atoms with Gasteiger partial charge in [-0.1, -0.05) is 84.6 Å². The molecule has 0 radical (unpaired) electrons. The van der Waals surface area contributed by atoms with E-state index in [4.69, 9.17) is 4.74 Å². The fourth-order valence-corrected chi connectivity index (χ4v) is 3.74. The number of hydrogen-bond acceptors (Lipinski definition) is 2. The summed E-state index contributed by atoms with van der Waals surface area (Å²) in [6.45, 7) is 7.70. The lowest BCUT2D eigenvalue weighted by molar-refractivity contribution is 0.302. The monoisotopic (exact) mass is 409 g/mol. The molecule has 0 saturated carbocycles. The van der Waals surface area contributed by atoms with Crippen molar-refractivity contribution >= 4 is 0 Å². The predicted octanol–water partition coefficient (Wildman–Crippen LogP) is 8.64. The molecular formula is C28H43NO. The molecule has 0 aliphatic carbocycles. The van der Waals surface area contributed by atoms with Gasteiger partial charge in [-0.05, 0) is 61.1 Å². The van der Waals surface area contributed by atoms with Gasteiger partial charge in [0.15, 0.2) is 0 Å². The van der Waals surface area contributed by atoms with E-state index in [0.29, 0.717) is 0 Å². The van der Waals surface area contributed by atoms with Gasteiger partial charge in [-0.15, -0.1) is 0 Å². The first-order valence-corrected chi connectivity index (χ1v) is 12.4. The predicted molar refractivity (Wildman–Crippen MR) is 130 cm³/mol. The van der Waals surface area contributed by atoms with Crippen LogP contribution in [0.2, 0.25) is 0 Å². The number of rotatable bonds is 16. The zero-order valence-electron chi connectivity index (χ0n) is 19.7. The molecule has 0 bridgehead atoms. The zero-order valence-corrected chi connectivity index (χ0v) is 19.7. The third-order valence-corrected chi connectivity index (χ3v) is 6.10. The first kappa shape index (κ1) is 24.4. The first-order chi connectivity index (χ1) is 14.7. The van der Waals surface area contributed by atoms with Gasteiger partial charge in [-0.3, -0.25) is 4.98 Å². The lowest BCUT2D eigenvalue weighted by Crippen LogP contribution is -1.98. The highest BCUT2D eigenvalue weighted by Gasteiger charge is 2.02. The van der Waals surface area contributed by atoms with Crippen molar-refractivity contribution in [2.75, 3.05) is 6.61 Å². The third kappa shape index (κ3) is 9.78. The quantitative estimate of drug-likeness (QED) is 0.259. The molecule has 0 fully saturated rings. The lowest BCUT2D eigenvalue weighted by Gasteiger charge is -2.09. The third-order valence-electron chi connectivity index (χ3n) is 6.10. The Morgan fingerprint density at radius 1 is 0.800 bits per heavy atom. The Morgan fingerprint density at radius 3 is 2.23 bits per heavy atom. The standard InChI is InChI=1S/C28H43NO/c1-4-6-7-8-9-12-15-25-16-21-28(29-23-25)26-17-19-27(20-18-26)30-22-13-10-11-14-24(3)5-2/h16-21,23-24H,4-15,22H2,1-3H3/t24-/m0/s1. The minimum atomic E-state index is 0.811. The minimum absolute atomic E-state index is 0.811. The highest BCUT2D eigenvalue weighted by molar-refractivity contribution is 5.60. The van der Waals surface area contributed by atoms with E-state index in [1.54, 1.807) is 0 Å². The largest absolute Gasteiger partial charge is 0.494 e. The first-order valence-electron chi connectivity index (χ1n) is 12.4. The topological polar surface area (TPSA) is 22.1 Å². The van der Waals surface area contributed by atoms with E-state index < -0.39 is 0 Å². The number of hydrogen-bond donors (Lipinski definition) is 0. The average molecular weight is 410 g/mol. The molecule has 1 atom stereocenters. The Balaban J connectivity index is 1.67. The van der Waals surface area contributed by atoms with Crippen molar-refractivity contribution < 1.29 is 4.74 Å². The van der Waals surface area contributed by atoms with Crippen molar-refractivity contribution in [1.29, 1.82) is 0 Å². The van der Waals surface area contributed by atoms with E-state index in [1.807, 2.05) is 6.20 Å². The van der Waals surface area contributed by atoms with Crippen molar-refractivity contribution in [3.8, 4) is 17.0 Å². The Labute approximate surface area is 185 Å². The number of ether oxygens (including phenoxy) is 1. The number of pyridine rings is 1. The molecule has 0 amide bonds. The van der Waals surface area contributed by atoms with Crippen LogP contribution < -0.4 is 4.74 Å². The smallest absolute Gasteiger partial charge is 0.119 e. The van der Waals surface area contributed by atoms with Crippen LogP contribution in [0, 0.1) is 5.92 Å². The van der Waals surface area contributed by atoms with Crippen molar-refractivity contribution in [3.05, 3.63) is 48.2 Å². The van der Waals surface area contributed by atoms with Gasteiger partial charge in [0.1, 0.15) is 5.75 Å². The van der Waals surface area contributed by atoms with Crippen molar-refractivity contribution in [2.45, 2.75) is 97.8 Å². The number of benzene rings is 1. The molecule has 0 aliphatic heterocycles. The number of unbranched alkanes of at least 4 members (excludes halogenated alkanes) is 7. The summed E-state index contributed by atoms with van der Waals surface area (Å²) in [5.74, 6) is 1.82. The SMILES string of the molecule is CCCCCCCCc1ccc(-c2ccc(OCCCCC[C@@H](C)CC)cc2)nc1. The summed E-state index contributed by atoms with van der Waals surface area (Å²) in [5, 5.41) is 0. The van der Waals surface area contributed by atoms with Gasteiger partial charge in [0.05, 0.1) is 12.3 Å². The second-order valence-electron chi connectivity index (χ2n) is 8.81. The van der Waals surface area contributed by atoms with Crippen LogP contribution in [0.1, 0.15) is 97.0 Å². The summed E-state index contributed by atoms with van der Waals surface area (Å²) >= 11 is 0. The number of aromatic nitrogens is 1. The Kier molecular flexibility index (Phi) is 12.3. The molecule has 0 N–H and O–H groups in total. The van der Waals surface area contributed by atoms with Crippen LogP contribution in [0.5, 0.6) is 5.75 Å². The summed E-state index contributed by atoms with van der Waals surface area (Å²) in [6, 6.07) is 12.8. The molecule has 0 aliphatic rings. The molecule has 30 heavy (non-hydrogen) atoms. The number of aryl methyl sites for hydroxylation is 1. The molecule has 0 spiro atoms. The van der Waals surface area contributed by atoms with Crippen LogP contribution in [0.25, 0.3) is 11.3 Å². The second kappa shape index (κ2) is 15.0. The maximum absolute atomic E-state index is 5.91.